The van der Waals surface area contributed by atoms with Crippen LogP contribution in [0.1, 0.15) is 20.3 Å². The summed E-state index contributed by atoms with van der Waals surface area (Å²) in [7, 11) is 0. The normalized spacial score (nSPS) is 12.2. The third-order valence-corrected chi connectivity index (χ3v) is 3.03. The van der Waals surface area contributed by atoms with Crippen LogP contribution in [0.15, 0.2) is 42.5 Å². The Morgan fingerprint density at radius 1 is 1.32 bits per heavy atom. The number of carboxylic acid groups (broad SMARTS) is 1. The van der Waals surface area contributed by atoms with Gasteiger partial charge in [-0.25, -0.2) is 9.59 Å². The monoisotopic (exact) mass is 313 g/mol. The lowest BCUT2D eigenvalue weighted by Gasteiger charge is -2.30. The average molecular weight is 313 g/mol. The van der Waals surface area contributed by atoms with Crippen molar-refractivity contribution in [3.63, 3.8) is 0 Å². The zero-order valence-corrected chi connectivity index (χ0v) is 12.2. The van der Waals surface area contributed by atoms with Crippen LogP contribution in [0.4, 0.5) is 13.6 Å². The van der Waals surface area contributed by atoms with Gasteiger partial charge in [0, 0.05) is 0 Å². The summed E-state index contributed by atoms with van der Waals surface area (Å²) in [5.41, 5.74) is -1.12. The van der Waals surface area contributed by atoms with Gasteiger partial charge in [0.2, 0.25) is 0 Å². The number of allylic oxidation sites excluding steroid dienone is 1. The van der Waals surface area contributed by atoms with Crippen LogP contribution in [0.5, 0.6) is 5.75 Å². The number of hydrogen-bond acceptors (Lipinski definition) is 3. The first-order valence-electron chi connectivity index (χ1n) is 6.50. The van der Waals surface area contributed by atoms with Gasteiger partial charge in [0.05, 0.1) is 0 Å². The fraction of sp³-hybridized carbons (Fsp3) is 0.333. The van der Waals surface area contributed by atoms with E-state index in [0.717, 1.165) is 0 Å². The molecule has 5 nitrogen and oxygen atoms in total. The maximum atomic E-state index is 12.2. The van der Waals surface area contributed by atoms with E-state index < -0.39 is 29.6 Å². The third kappa shape index (κ3) is 5.51. The van der Waals surface area contributed by atoms with Gasteiger partial charge in [0.15, 0.2) is 0 Å². The predicted octanol–water partition coefficient (Wildman–Crippen LogP) is 3.42. The number of carboxylic acids is 1. The van der Waals surface area contributed by atoms with Crippen molar-refractivity contribution in [3.8, 4) is 5.75 Å². The summed E-state index contributed by atoms with van der Waals surface area (Å²) < 4.78 is 29.3. The Labute approximate surface area is 126 Å². The second-order valence-corrected chi connectivity index (χ2v) is 5.30. The molecular formula is C15H17F2NO4. The van der Waals surface area contributed by atoms with Gasteiger partial charge in [-0.15, -0.1) is 0 Å². The van der Waals surface area contributed by atoms with Crippen molar-refractivity contribution >= 4 is 12.1 Å². The highest BCUT2D eigenvalue weighted by Crippen LogP contribution is 2.27. The SMILES string of the molecule is CC(C)(CC=C(F)F)C(NC(=O)Oc1ccccc1)C(=O)O. The van der Waals surface area contributed by atoms with Gasteiger partial charge in [0.1, 0.15) is 11.8 Å². The number of ether oxygens (including phenoxy) is 1. The smallest absolute Gasteiger partial charge is 0.413 e. The molecule has 0 saturated carbocycles. The molecule has 0 aromatic heterocycles. The molecule has 0 aliphatic rings. The van der Waals surface area contributed by atoms with Crippen LogP contribution in [0.25, 0.3) is 0 Å². The standard InChI is InChI=1S/C15H17F2NO4/c1-15(2,9-8-11(16)17)12(13(19)20)18-14(21)22-10-6-4-3-5-7-10/h3-8,12H,9H2,1-2H3,(H,18,21)(H,19,20). The van der Waals surface area contributed by atoms with Crippen LogP contribution >= 0.6 is 0 Å². The maximum absolute atomic E-state index is 12.2. The Hall–Kier alpha value is -2.44. The number of nitrogens with one attached hydrogen (secondary N) is 1. The number of hydrogen-bond donors (Lipinski definition) is 2. The number of para-hydroxylation sites is 1. The van der Waals surface area contributed by atoms with Crippen molar-refractivity contribution in [3.05, 3.63) is 42.5 Å². The highest BCUT2D eigenvalue weighted by atomic mass is 19.3. The minimum absolute atomic E-state index is 0.210. The Morgan fingerprint density at radius 2 is 1.91 bits per heavy atom. The molecule has 1 aromatic rings. The lowest BCUT2D eigenvalue weighted by Crippen LogP contribution is -2.51. The molecule has 0 spiro atoms. The van der Waals surface area contributed by atoms with Crippen LogP contribution in [0.2, 0.25) is 0 Å². The van der Waals surface area contributed by atoms with Crippen LogP contribution in [0.3, 0.4) is 0 Å². The number of amides is 1. The van der Waals surface area contributed by atoms with Crippen LogP contribution < -0.4 is 10.1 Å². The molecule has 0 radical (unpaired) electrons. The molecule has 1 rings (SSSR count). The van der Waals surface area contributed by atoms with Gasteiger partial charge in [0.25, 0.3) is 6.08 Å². The third-order valence-electron chi connectivity index (χ3n) is 3.03. The van der Waals surface area contributed by atoms with Gasteiger partial charge in [-0.05, 0) is 30.0 Å². The molecule has 1 unspecified atom stereocenters. The molecule has 0 aliphatic carbocycles. The molecular weight excluding hydrogens is 296 g/mol. The van der Waals surface area contributed by atoms with Crippen molar-refractivity contribution in [1.29, 1.82) is 0 Å². The molecule has 7 heteroatoms. The Morgan fingerprint density at radius 3 is 2.41 bits per heavy atom. The summed E-state index contributed by atoms with van der Waals surface area (Å²) in [5, 5.41) is 11.4. The van der Waals surface area contributed by atoms with Crippen LogP contribution in [-0.4, -0.2) is 23.2 Å². The highest BCUT2D eigenvalue weighted by Gasteiger charge is 2.36. The summed E-state index contributed by atoms with van der Waals surface area (Å²) in [6.45, 7) is 2.93. The maximum Gasteiger partial charge on any atom is 0.413 e. The summed E-state index contributed by atoms with van der Waals surface area (Å²) in [6.07, 6.45) is -2.45. The van der Waals surface area contributed by atoms with Gasteiger partial charge >= 0.3 is 12.1 Å². The lowest BCUT2D eigenvalue weighted by molar-refractivity contribution is -0.142. The molecule has 0 bridgehead atoms. The number of carbonyl (C=O) groups excluding carboxylic acids is 1. The number of halogens is 2. The molecule has 0 fully saturated rings. The molecule has 0 aliphatic heterocycles. The minimum Gasteiger partial charge on any atom is -0.480 e. The van der Waals surface area contributed by atoms with Crippen LogP contribution in [-0.2, 0) is 4.79 Å². The largest absolute Gasteiger partial charge is 0.480 e. The van der Waals surface area contributed by atoms with Gasteiger partial charge in [-0.3, -0.25) is 0 Å². The zero-order valence-electron chi connectivity index (χ0n) is 12.2. The molecule has 1 atom stereocenters. The Balaban J connectivity index is 2.77. The van der Waals surface area contributed by atoms with Crippen molar-refractivity contribution in [2.45, 2.75) is 26.3 Å². The van der Waals surface area contributed by atoms with E-state index in [9.17, 15) is 23.5 Å². The van der Waals surface area contributed by atoms with E-state index in [1.807, 2.05) is 0 Å². The molecule has 1 aromatic carbocycles. The first kappa shape index (κ1) is 17.6. The summed E-state index contributed by atoms with van der Waals surface area (Å²) in [5.74, 6) is -1.08. The number of aliphatic carboxylic acids is 1. The van der Waals surface area contributed by atoms with Crippen molar-refractivity contribution < 1.29 is 28.2 Å². The first-order chi connectivity index (χ1) is 10.2. The molecule has 0 heterocycles. The summed E-state index contributed by atoms with van der Waals surface area (Å²) in [6, 6.07) is 6.71. The Bertz CT molecular complexity index is 554. The zero-order chi connectivity index (χ0) is 16.8. The van der Waals surface area contributed by atoms with Gasteiger partial charge in [-0.2, -0.15) is 8.78 Å². The average Bonchev–Trinajstić information content (AvgIpc) is 2.43. The minimum atomic E-state index is -1.90. The van der Waals surface area contributed by atoms with Gasteiger partial charge < -0.3 is 15.2 Å². The molecule has 0 saturated heterocycles. The molecule has 22 heavy (non-hydrogen) atoms. The van der Waals surface area contributed by atoms with Crippen molar-refractivity contribution in [1.82, 2.24) is 5.32 Å². The van der Waals surface area contributed by atoms with Crippen molar-refractivity contribution in [2.75, 3.05) is 0 Å². The van der Waals surface area contributed by atoms with E-state index in [-0.39, 0.29) is 12.2 Å². The fourth-order valence-electron chi connectivity index (χ4n) is 1.79. The van der Waals surface area contributed by atoms with E-state index in [1.165, 1.54) is 26.0 Å². The number of benzene rings is 1. The molecule has 120 valence electrons. The molecule has 2 N–H and O–H groups in total. The quantitative estimate of drug-likeness (QED) is 0.843. The number of carbonyl (C=O) groups is 2. The van der Waals surface area contributed by atoms with E-state index in [1.54, 1.807) is 18.2 Å². The number of rotatable bonds is 6. The molecule has 1 amide bonds. The topological polar surface area (TPSA) is 75.6 Å². The lowest BCUT2D eigenvalue weighted by atomic mass is 9.81. The fourth-order valence-corrected chi connectivity index (χ4v) is 1.79. The first-order valence-corrected chi connectivity index (χ1v) is 6.50. The van der Waals surface area contributed by atoms with Crippen LogP contribution in [0, 0.1) is 5.41 Å². The predicted molar refractivity (Wildman–Crippen MR) is 75.7 cm³/mol. The summed E-state index contributed by atoms with van der Waals surface area (Å²) >= 11 is 0. The second kappa shape index (κ2) is 7.53. The van der Waals surface area contributed by atoms with Crippen molar-refractivity contribution in [2.24, 2.45) is 5.41 Å². The van der Waals surface area contributed by atoms with E-state index in [0.29, 0.717) is 6.08 Å². The van der Waals surface area contributed by atoms with E-state index >= 15 is 0 Å². The highest BCUT2D eigenvalue weighted by molar-refractivity contribution is 5.81. The van der Waals surface area contributed by atoms with E-state index in [2.05, 4.69) is 5.32 Å². The summed E-state index contributed by atoms with van der Waals surface area (Å²) in [4.78, 5) is 23.1. The Kier molecular flexibility index (Phi) is 6.03. The second-order valence-electron chi connectivity index (χ2n) is 5.30. The van der Waals surface area contributed by atoms with E-state index in [4.69, 9.17) is 4.74 Å². The van der Waals surface area contributed by atoms with Gasteiger partial charge in [-0.1, -0.05) is 32.0 Å².